The predicted molar refractivity (Wildman–Crippen MR) is 104 cm³/mol. The summed E-state index contributed by atoms with van der Waals surface area (Å²) < 4.78 is 11.7. The lowest BCUT2D eigenvalue weighted by Crippen LogP contribution is -2.29. The summed E-state index contributed by atoms with van der Waals surface area (Å²) in [6.45, 7) is 21.1. The molecule has 0 aromatic rings. The minimum atomic E-state index is -0.555. The Labute approximate surface area is 147 Å². The third-order valence-electron chi connectivity index (χ3n) is 3.65. The van der Waals surface area contributed by atoms with E-state index in [0.717, 1.165) is 12.0 Å². The van der Waals surface area contributed by atoms with Crippen LogP contribution in [0.5, 0.6) is 0 Å². The number of hydrogen-bond acceptors (Lipinski definition) is 3. The maximum Gasteiger partial charge on any atom is 0.147 e. The molecule has 0 saturated heterocycles. The Bertz CT molecular complexity index is 540. The first kappa shape index (κ1) is 21.7. The largest absolute Gasteiger partial charge is 0.483 e. The third kappa shape index (κ3) is 6.88. The first-order valence-corrected chi connectivity index (χ1v) is 8.14. The smallest absolute Gasteiger partial charge is 0.147 e. The topological polar surface area (TPSA) is 44.5 Å². The van der Waals surface area contributed by atoms with Gasteiger partial charge in [0, 0.05) is 0 Å². The molecule has 0 rings (SSSR count). The molecule has 0 aromatic heterocycles. The summed E-state index contributed by atoms with van der Waals surface area (Å²) in [4.78, 5) is 0. The van der Waals surface area contributed by atoms with Crippen molar-refractivity contribution in [2.24, 2.45) is 5.73 Å². The van der Waals surface area contributed by atoms with Gasteiger partial charge < -0.3 is 9.47 Å². The summed E-state index contributed by atoms with van der Waals surface area (Å²) >= 11 is 0. The van der Waals surface area contributed by atoms with Crippen LogP contribution in [0, 0.1) is 0 Å². The Kier molecular flexibility index (Phi) is 10.2. The zero-order valence-electron chi connectivity index (χ0n) is 15.3. The predicted octanol–water partition coefficient (Wildman–Crippen LogP) is 5.32. The van der Waals surface area contributed by atoms with Crippen molar-refractivity contribution in [3.63, 3.8) is 0 Å². The quantitative estimate of drug-likeness (QED) is 0.299. The lowest BCUT2D eigenvalue weighted by molar-refractivity contribution is 0.0581. The van der Waals surface area contributed by atoms with Gasteiger partial charge in [-0.25, -0.2) is 0 Å². The molecule has 0 aromatic carbocycles. The SMILES string of the molecule is C=C/C=C(\C=C)OC(C)(CC)/C(C=C)=C/C=C(\C=C)OC(N)CC. The lowest BCUT2D eigenvalue weighted by Gasteiger charge is -2.31. The average molecular weight is 329 g/mol. The second-order valence-electron chi connectivity index (χ2n) is 5.36. The van der Waals surface area contributed by atoms with Crippen LogP contribution < -0.4 is 5.73 Å². The first-order chi connectivity index (χ1) is 11.4. The lowest BCUT2D eigenvalue weighted by atomic mass is 9.92. The summed E-state index contributed by atoms with van der Waals surface area (Å²) in [5.74, 6) is 1.26. The highest BCUT2D eigenvalue weighted by molar-refractivity contribution is 5.34. The number of nitrogens with two attached hydrogens (primary N) is 1. The average Bonchev–Trinajstić information content (AvgIpc) is 2.60. The summed E-state index contributed by atoms with van der Waals surface area (Å²) in [6, 6.07) is 0. The molecule has 0 bridgehead atoms. The summed E-state index contributed by atoms with van der Waals surface area (Å²) in [6.07, 6.45) is 13.3. The van der Waals surface area contributed by atoms with Gasteiger partial charge in [-0.05, 0) is 49.6 Å². The zero-order chi connectivity index (χ0) is 18.6. The van der Waals surface area contributed by atoms with Gasteiger partial charge in [-0.3, -0.25) is 5.73 Å². The molecular weight excluding hydrogens is 298 g/mol. The molecule has 3 nitrogen and oxygen atoms in total. The van der Waals surface area contributed by atoms with Crippen molar-refractivity contribution in [1.29, 1.82) is 0 Å². The van der Waals surface area contributed by atoms with Crippen molar-refractivity contribution in [3.8, 4) is 0 Å². The summed E-state index contributed by atoms with van der Waals surface area (Å²) in [7, 11) is 0. The molecule has 3 heteroatoms. The highest BCUT2D eigenvalue weighted by atomic mass is 16.5. The van der Waals surface area contributed by atoms with Crippen molar-refractivity contribution in [1.82, 2.24) is 0 Å². The van der Waals surface area contributed by atoms with Crippen molar-refractivity contribution >= 4 is 0 Å². The van der Waals surface area contributed by atoms with Crippen molar-refractivity contribution in [3.05, 3.63) is 85.9 Å². The molecule has 0 saturated carbocycles. The second-order valence-corrected chi connectivity index (χ2v) is 5.36. The minimum absolute atomic E-state index is 0.355. The van der Waals surface area contributed by atoms with Crippen molar-refractivity contribution in [2.45, 2.75) is 45.4 Å². The third-order valence-corrected chi connectivity index (χ3v) is 3.65. The van der Waals surface area contributed by atoms with Crippen LogP contribution in [0.3, 0.4) is 0 Å². The molecule has 0 radical (unpaired) electrons. The summed E-state index contributed by atoms with van der Waals surface area (Å²) in [5, 5.41) is 0. The molecule has 132 valence electrons. The maximum absolute atomic E-state index is 6.11. The van der Waals surface area contributed by atoms with E-state index in [0.29, 0.717) is 17.9 Å². The van der Waals surface area contributed by atoms with Crippen LogP contribution in [0.25, 0.3) is 0 Å². The van der Waals surface area contributed by atoms with Gasteiger partial charge in [-0.15, -0.1) is 0 Å². The fourth-order valence-electron chi connectivity index (χ4n) is 1.90. The van der Waals surface area contributed by atoms with Gasteiger partial charge in [-0.2, -0.15) is 0 Å². The van der Waals surface area contributed by atoms with Crippen LogP contribution in [0.15, 0.2) is 85.9 Å². The van der Waals surface area contributed by atoms with Crippen LogP contribution >= 0.6 is 0 Å². The van der Waals surface area contributed by atoms with Gasteiger partial charge in [0.05, 0.1) is 0 Å². The number of allylic oxidation sites excluding steroid dienone is 6. The monoisotopic (exact) mass is 329 g/mol. The van der Waals surface area contributed by atoms with E-state index in [2.05, 4.69) is 26.3 Å². The Balaban J connectivity index is 5.61. The molecule has 24 heavy (non-hydrogen) atoms. The molecule has 2 N–H and O–H groups in total. The van der Waals surface area contributed by atoms with Crippen LogP contribution in [0.4, 0.5) is 0 Å². The highest BCUT2D eigenvalue weighted by Gasteiger charge is 2.27. The Morgan fingerprint density at radius 3 is 2.04 bits per heavy atom. The summed E-state index contributed by atoms with van der Waals surface area (Å²) in [5.41, 5.74) is 6.17. The first-order valence-electron chi connectivity index (χ1n) is 8.14. The van der Waals surface area contributed by atoms with E-state index in [9.17, 15) is 0 Å². The highest BCUT2D eigenvalue weighted by Crippen LogP contribution is 2.29. The molecule has 2 unspecified atom stereocenters. The van der Waals surface area contributed by atoms with E-state index in [1.54, 1.807) is 30.4 Å². The van der Waals surface area contributed by atoms with Gasteiger partial charge in [0.25, 0.3) is 0 Å². The number of rotatable bonds is 12. The number of ether oxygens (including phenoxy) is 2. The molecule has 0 spiro atoms. The minimum Gasteiger partial charge on any atom is -0.483 e. The van der Waals surface area contributed by atoms with Gasteiger partial charge in [0.2, 0.25) is 0 Å². The van der Waals surface area contributed by atoms with Gasteiger partial charge >= 0.3 is 0 Å². The van der Waals surface area contributed by atoms with Crippen LogP contribution in [0.1, 0.15) is 33.6 Å². The molecule has 2 atom stereocenters. The number of hydrogen-bond donors (Lipinski definition) is 1. The van der Waals surface area contributed by atoms with Crippen molar-refractivity contribution < 1.29 is 9.47 Å². The Morgan fingerprint density at radius 2 is 1.62 bits per heavy atom. The molecule has 0 aliphatic heterocycles. The van der Waals surface area contributed by atoms with Gasteiger partial charge in [0.15, 0.2) is 0 Å². The maximum atomic E-state index is 6.11. The Hall–Kier alpha value is -2.26. The molecular formula is C21H31NO2. The van der Waals surface area contributed by atoms with Gasteiger partial charge in [0.1, 0.15) is 23.3 Å². The second kappa shape index (κ2) is 11.3. The molecule has 0 aliphatic rings. The van der Waals surface area contributed by atoms with Gasteiger partial charge in [-0.1, -0.05) is 58.4 Å². The Morgan fingerprint density at radius 1 is 1.00 bits per heavy atom. The van der Waals surface area contributed by atoms with E-state index in [-0.39, 0.29) is 6.23 Å². The van der Waals surface area contributed by atoms with Crippen LogP contribution in [-0.2, 0) is 9.47 Å². The molecule has 0 aliphatic carbocycles. The van der Waals surface area contributed by atoms with E-state index in [1.807, 2.05) is 32.9 Å². The molecule has 0 amide bonds. The van der Waals surface area contributed by atoms with E-state index in [1.165, 1.54) is 0 Å². The van der Waals surface area contributed by atoms with Crippen LogP contribution in [-0.4, -0.2) is 11.8 Å². The van der Waals surface area contributed by atoms with E-state index >= 15 is 0 Å². The normalized spacial score (nSPS) is 16.6. The molecule has 0 fully saturated rings. The standard InChI is InChI=1S/C21H31NO2/c1-8-14-19(11-4)24-21(7,13-6)17(9-2)15-16-18(10-3)23-20(22)12-5/h8-11,14-16,20H,1-4,12-13,22H2,5-7H3/b17-15+,18-16+,19-14+. The zero-order valence-corrected chi connectivity index (χ0v) is 15.3. The fourth-order valence-corrected chi connectivity index (χ4v) is 1.90. The van der Waals surface area contributed by atoms with Crippen molar-refractivity contribution in [2.75, 3.05) is 0 Å². The van der Waals surface area contributed by atoms with E-state index in [4.69, 9.17) is 15.2 Å². The van der Waals surface area contributed by atoms with E-state index < -0.39 is 5.60 Å². The fraction of sp³-hybridized carbons (Fsp3) is 0.333. The van der Waals surface area contributed by atoms with Crippen LogP contribution in [0.2, 0.25) is 0 Å². The molecule has 0 heterocycles.